The van der Waals surface area contributed by atoms with Crippen LogP contribution in [-0.4, -0.2) is 47.6 Å². The van der Waals surface area contributed by atoms with Gasteiger partial charge in [-0.3, -0.25) is 9.59 Å². The van der Waals surface area contributed by atoms with E-state index in [1.54, 1.807) is 11.0 Å². The van der Waals surface area contributed by atoms with E-state index in [2.05, 4.69) is 5.32 Å². The van der Waals surface area contributed by atoms with Crippen molar-refractivity contribution in [1.29, 1.82) is 0 Å². The van der Waals surface area contributed by atoms with Crippen molar-refractivity contribution >= 4 is 23.2 Å². The second-order valence-corrected chi connectivity index (χ2v) is 6.14. The molecular weight excluding hydrogens is 276 g/mol. The Morgan fingerprint density at radius 1 is 1.40 bits per heavy atom. The maximum Gasteiger partial charge on any atom is 0.261 e. The molecule has 2 amide bonds. The van der Waals surface area contributed by atoms with Gasteiger partial charge in [0.1, 0.15) is 0 Å². The van der Waals surface area contributed by atoms with Crippen LogP contribution in [-0.2, 0) is 4.79 Å². The van der Waals surface area contributed by atoms with Crippen molar-refractivity contribution in [3.05, 3.63) is 21.9 Å². The molecule has 2 N–H and O–H groups in total. The third-order valence-corrected chi connectivity index (χ3v) is 3.86. The molecular formula is C14H22N2O3S. The van der Waals surface area contributed by atoms with Crippen LogP contribution in [0.1, 0.15) is 34.8 Å². The summed E-state index contributed by atoms with van der Waals surface area (Å²) in [6.07, 6.45) is 0.544. The van der Waals surface area contributed by atoms with E-state index in [0.29, 0.717) is 17.8 Å². The molecule has 0 aliphatic rings. The lowest BCUT2D eigenvalue weighted by atomic mass is 10.2. The lowest BCUT2D eigenvalue weighted by Gasteiger charge is -2.26. The van der Waals surface area contributed by atoms with Gasteiger partial charge in [-0.1, -0.05) is 0 Å². The zero-order chi connectivity index (χ0) is 15.1. The van der Waals surface area contributed by atoms with Crippen LogP contribution in [0, 0.1) is 6.92 Å². The van der Waals surface area contributed by atoms with Crippen molar-refractivity contribution < 1.29 is 14.7 Å². The standard InChI is InChI=1S/C14H22N2O3S/c1-10(2)16(7-4-8-17)13(18)9-15-14(19)12-6-5-11(3)20-12/h5-6,10,17H,4,7-9H2,1-3H3,(H,15,19). The highest BCUT2D eigenvalue weighted by molar-refractivity contribution is 7.13. The molecule has 1 heterocycles. The zero-order valence-corrected chi connectivity index (χ0v) is 13.0. The Bertz CT molecular complexity index is 457. The summed E-state index contributed by atoms with van der Waals surface area (Å²) in [4.78, 5) is 27.3. The topological polar surface area (TPSA) is 69.6 Å². The first-order chi connectivity index (χ1) is 9.45. The Balaban J connectivity index is 2.50. The van der Waals surface area contributed by atoms with Crippen molar-refractivity contribution in [1.82, 2.24) is 10.2 Å². The van der Waals surface area contributed by atoms with Crippen LogP contribution in [0.15, 0.2) is 12.1 Å². The van der Waals surface area contributed by atoms with Gasteiger partial charge in [0.15, 0.2) is 0 Å². The minimum Gasteiger partial charge on any atom is -0.396 e. The van der Waals surface area contributed by atoms with Gasteiger partial charge in [0.25, 0.3) is 5.91 Å². The number of aliphatic hydroxyl groups is 1. The molecule has 0 aliphatic heterocycles. The second-order valence-electron chi connectivity index (χ2n) is 4.85. The molecule has 0 fully saturated rings. The molecule has 0 aliphatic carbocycles. The number of nitrogens with zero attached hydrogens (tertiary/aromatic N) is 1. The zero-order valence-electron chi connectivity index (χ0n) is 12.2. The SMILES string of the molecule is Cc1ccc(C(=O)NCC(=O)N(CCCO)C(C)C)s1. The summed E-state index contributed by atoms with van der Waals surface area (Å²) in [5.41, 5.74) is 0. The molecule has 1 aromatic heterocycles. The first kappa shape index (κ1) is 16.7. The van der Waals surface area contributed by atoms with Crippen molar-refractivity contribution in [2.75, 3.05) is 19.7 Å². The Hall–Kier alpha value is -1.40. The van der Waals surface area contributed by atoms with Gasteiger partial charge in [0, 0.05) is 24.1 Å². The number of aliphatic hydroxyl groups excluding tert-OH is 1. The van der Waals surface area contributed by atoms with Crippen molar-refractivity contribution in [2.24, 2.45) is 0 Å². The van der Waals surface area contributed by atoms with Gasteiger partial charge in [-0.2, -0.15) is 0 Å². The van der Waals surface area contributed by atoms with Crippen molar-refractivity contribution in [3.63, 3.8) is 0 Å². The molecule has 0 saturated heterocycles. The van der Waals surface area contributed by atoms with Crippen LogP contribution >= 0.6 is 11.3 Å². The molecule has 0 atom stereocenters. The number of thiophene rings is 1. The third-order valence-electron chi connectivity index (χ3n) is 2.87. The van der Waals surface area contributed by atoms with Crippen LogP contribution in [0.3, 0.4) is 0 Å². The summed E-state index contributed by atoms with van der Waals surface area (Å²) in [5.74, 6) is -0.350. The predicted molar refractivity (Wildman–Crippen MR) is 79.9 cm³/mol. The van der Waals surface area contributed by atoms with E-state index in [4.69, 9.17) is 5.11 Å². The monoisotopic (exact) mass is 298 g/mol. The molecule has 0 spiro atoms. The fourth-order valence-electron chi connectivity index (χ4n) is 1.81. The van der Waals surface area contributed by atoms with Crippen LogP contribution in [0.25, 0.3) is 0 Å². The van der Waals surface area contributed by atoms with Crippen molar-refractivity contribution in [3.8, 4) is 0 Å². The molecule has 1 aromatic rings. The highest BCUT2D eigenvalue weighted by Gasteiger charge is 2.17. The second kappa shape index (κ2) is 8.01. The number of carbonyl (C=O) groups is 2. The maximum atomic E-state index is 12.1. The van der Waals surface area contributed by atoms with Gasteiger partial charge in [0.2, 0.25) is 5.91 Å². The third kappa shape index (κ3) is 4.94. The molecule has 0 saturated carbocycles. The van der Waals surface area contributed by atoms with E-state index in [-0.39, 0.29) is 31.0 Å². The molecule has 0 bridgehead atoms. The molecule has 5 nitrogen and oxygen atoms in total. The van der Waals surface area contributed by atoms with Gasteiger partial charge in [-0.25, -0.2) is 0 Å². The summed E-state index contributed by atoms with van der Waals surface area (Å²) in [5, 5.41) is 11.5. The normalized spacial score (nSPS) is 10.7. The summed E-state index contributed by atoms with van der Waals surface area (Å²) in [7, 11) is 0. The van der Waals surface area contributed by atoms with Crippen LogP contribution in [0.2, 0.25) is 0 Å². The van der Waals surface area contributed by atoms with Crippen molar-refractivity contribution in [2.45, 2.75) is 33.2 Å². The number of hydrogen-bond donors (Lipinski definition) is 2. The number of aryl methyl sites for hydroxylation is 1. The Kier molecular flexibility index (Phi) is 6.67. The van der Waals surface area contributed by atoms with E-state index in [1.165, 1.54) is 11.3 Å². The highest BCUT2D eigenvalue weighted by Crippen LogP contribution is 2.14. The average Bonchev–Trinajstić information content (AvgIpc) is 2.82. The number of hydrogen-bond acceptors (Lipinski definition) is 4. The van der Waals surface area contributed by atoms with Gasteiger partial charge in [0.05, 0.1) is 11.4 Å². The van der Waals surface area contributed by atoms with Gasteiger partial charge >= 0.3 is 0 Å². The fraction of sp³-hybridized carbons (Fsp3) is 0.571. The first-order valence-corrected chi connectivity index (χ1v) is 7.52. The number of rotatable bonds is 7. The van der Waals surface area contributed by atoms with E-state index in [0.717, 1.165) is 4.88 Å². The molecule has 0 aromatic carbocycles. The smallest absolute Gasteiger partial charge is 0.261 e. The molecule has 6 heteroatoms. The van der Waals surface area contributed by atoms with Gasteiger partial charge < -0.3 is 15.3 Å². The van der Waals surface area contributed by atoms with Crippen LogP contribution in [0.4, 0.5) is 0 Å². The summed E-state index contributed by atoms with van der Waals surface area (Å²) in [6.45, 7) is 6.30. The summed E-state index contributed by atoms with van der Waals surface area (Å²) in [6, 6.07) is 3.68. The molecule has 1 rings (SSSR count). The van der Waals surface area contributed by atoms with Gasteiger partial charge in [-0.15, -0.1) is 11.3 Å². The Labute approximate surface area is 123 Å². The Morgan fingerprint density at radius 2 is 2.10 bits per heavy atom. The van der Waals surface area contributed by atoms with Gasteiger partial charge in [-0.05, 0) is 39.3 Å². The lowest BCUT2D eigenvalue weighted by Crippen LogP contribution is -2.44. The molecule has 112 valence electrons. The summed E-state index contributed by atoms with van der Waals surface area (Å²) >= 11 is 1.41. The predicted octanol–water partition coefficient (Wildman–Crippen LogP) is 1.41. The fourth-order valence-corrected chi connectivity index (χ4v) is 2.60. The number of nitrogens with one attached hydrogen (secondary N) is 1. The average molecular weight is 298 g/mol. The minimum atomic E-state index is -0.220. The van der Waals surface area contributed by atoms with E-state index in [1.807, 2.05) is 26.8 Å². The summed E-state index contributed by atoms with van der Waals surface area (Å²) < 4.78 is 0. The molecule has 20 heavy (non-hydrogen) atoms. The maximum absolute atomic E-state index is 12.1. The highest BCUT2D eigenvalue weighted by atomic mass is 32.1. The molecule has 0 unspecified atom stereocenters. The number of amides is 2. The Morgan fingerprint density at radius 3 is 2.60 bits per heavy atom. The first-order valence-electron chi connectivity index (χ1n) is 6.70. The quantitative estimate of drug-likeness (QED) is 0.799. The number of carbonyl (C=O) groups excluding carboxylic acids is 2. The largest absolute Gasteiger partial charge is 0.396 e. The van der Waals surface area contributed by atoms with E-state index >= 15 is 0 Å². The van der Waals surface area contributed by atoms with E-state index < -0.39 is 0 Å². The lowest BCUT2D eigenvalue weighted by molar-refractivity contribution is -0.131. The van der Waals surface area contributed by atoms with E-state index in [9.17, 15) is 9.59 Å². The van der Waals surface area contributed by atoms with Crippen LogP contribution in [0.5, 0.6) is 0 Å². The molecule has 0 radical (unpaired) electrons. The minimum absolute atomic E-state index is 0.0145. The van der Waals surface area contributed by atoms with Crippen LogP contribution < -0.4 is 5.32 Å².